The summed E-state index contributed by atoms with van der Waals surface area (Å²) in [6.07, 6.45) is 0. The number of thioether (sulfide) groups is 1. The molecule has 0 aliphatic rings. The first kappa shape index (κ1) is 24.4. The second kappa shape index (κ2) is 12.1. The first-order valence-corrected chi connectivity index (χ1v) is 12.2. The van der Waals surface area contributed by atoms with Gasteiger partial charge in [-0.2, -0.15) is 0 Å². The predicted octanol–water partition coefficient (Wildman–Crippen LogP) is 6.83. The van der Waals surface area contributed by atoms with Gasteiger partial charge in [-0.25, -0.2) is 0 Å². The van der Waals surface area contributed by atoms with Crippen LogP contribution in [-0.2, 0) is 9.59 Å². The molecule has 176 valence electrons. The molecule has 0 bridgehead atoms. The van der Waals surface area contributed by atoms with Crippen molar-refractivity contribution in [2.45, 2.75) is 10.1 Å². The molecule has 1 atom stereocenters. The predicted molar refractivity (Wildman–Crippen MR) is 142 cm³/mol. The van der Waals surface area contributed by atoms with E-state index in [2.05, 4.69) is 10.6 Å². The number of rotatable bonds is 9. The molecule has 0 heterocycles. The molecule has 5 nitrogen and oxygen atoms in total. The highest BCUT2D eigenvalue weighted by molar-refractivity contribution is 8.00. The van der Waals surface area contributed by atoms with Crippen LogP contribution in [0, 0.1) is 0 Å². The zero-order valence-corrected chi connectivity index (χ0v) is 20.3. The highest BCUT2D eigenvalue weighted by atomic mass is 35.5. The van der Waals surface area contributed by atoms with Crippen LogP contribution in [0.2, 0.25) is 5.02 Å². The summed E-state index contributed by atoms with van der Waals surface area (Å²) in [5, 5.41) is 5.72. The first-order chi connectivity index (χ1) is 17.1. The first-order valence-electron chi connectivity index (χ1n) is 10.9. The Bertz CT molecular complexity index is 1290. The second-order valence-corrected chi connectivity index (χ2v) is 9.14. The molecule has 0 fully saturated rings. The lowest BCUT2D eigenvalue weighted by Gasteiger charge is -2.18. The largest absolute Gasteiger partial charge is 0.484 e. The monoisotopic (exact) mass is 502 g/mol. The molecule has 4 aromatic rings. The fourth-order valence-electron chi connectivity index (χ4n) is 3.31. The van der Waals surface area contributed by atoms with Crippen LogP contribution in [0.3, 0.4) is 0 Å². The maximum Gasteiger partial charge on any atom is 0.262 e. The minimum atomic E-state index is -0.528. The third-order valence-electron chi connectivity index (χ3n) is 4.96. The second-order valence-electron chi connectivity index (χ2n) is 7.56. The Kier molecular flexibility index (Phi) is 8.44. The van der Waals surface area contributed by atoms with Crippen molar-refractivity contribution in [3.63, 3.8) is 0 Å². The van der Waals surface area contributed by atoms with Crippen molar-refractivity contribution in [3.05, 3.63) is 120 Å². The fourth-order valence-corrected chi connectivity index (χ4v) is 4.57. The van der Waals surface area contributed by atoms with Crippen LogP contribution in [0.25, 0.3) is 0 Å². The Labute approximate surface area is 213 Å². The summed E-state index contributed by atoms with van der Waals surface area (Å²) in [5.74, 6) is 0.161. The molecule has 4 rings (SSSR count). The van der Waals surface area contributed by atoms with Crippen molar-refractivity contribution in [3.8, 4) is 5.75 Å². The summed E-state index contributed by atoms with van der Waals surface area (Å²) in [4.78, 5) is 26.5. The van der Waals surface area contributed by atoms with Crippen LogP contribution in [0.1, 0.15) is 10.8 Å². The van der Waals surface area contributed by atoms with Gasteiger partial charge in [-0.05, 0) is 48.0 Å². The van der Waals surface area contributed by atoms with Crippen LogP contribution >= 0.6 is 23.4 Å². The van der Waals surface area contributed by atoms with E-state index in [0.717, 1.165) is 10.5 Å². The van der Waals surface area contributed by atoms with Gasteiger partial charge in [0.05, 0.1) is 10.7 Å². The number of halogens is 1. The van der Waals surface area contributed by atoms with E-state index < -0.39 is 5.25 Å². The van der Waals surface area contributed by atoms with Crippen molar-refractivity contribution >= 4 is 46.6 Å². The molecule has 0 saturated carbocycles. The minimum absolute atomic E-state index is 0.103. The zero-order valence-electron chi connectivity index (χ0n) is 18.7. The summed E-state index contributed by atoms with van der Waals surface area (Å²) < 4.78 is 5.51. The number of carbonyl (C=O) groups is 2. The molecular formula is C28H23ClN2O3S. The van der Waals surface area contributed by atoms with Gasteiger partial charge in [0.15, 0.2) is 6.61 Å². The van der Waals surface area contributed by atoms with Gasteiger partial charge < -0.3 is 15.4 Å². The molecule has 2 amide bonds. The number of benzene rings is 4. The van der Waals surface area contributed by atoms with Crippen molar-refractivity contribution in [2.75, 3.05) is 17.2 Å². The van der Waals surface area contributed by atoms with E-state index in [4.69, 9.17) is 16.3 Å². The number of nitrogens with one attached hydrogen (secondary N) is 2. The van der Waals surface area contributed by atoms with E-state index >= 15 is 0 Å². The molecule has 2 N–H and O–H groups in total. The summed E-state index contributed by atoms with van der Waals surface area (Å²) >= 11 is 7.63. The van der Waals surface area contributed by atoms with E-state index in [1.54, 1.807) is 30.3 Å². The van der Waals surface area contributed by atoms with E-state index in [0.29, 0.717) is 22.1 Å². The van der Waals surface area contributed by atoms with Crippen LogP contribution < -0.4 is 15.4 Å². The smallest absolute Gasteiger partial charge is 0.262 e. The van der Waals surface area contributed by atoms with Crippen molar-refractivity contribution in [1.29, 1.82) is 0 Å². The van der Waals surface area contributed by atoms with Crippen molar-refractivity contribution < 1.29 is 14.3 Å². The molecular weight excluding hydrogens is 480 g/mol. The minimum Gasteiger partial charge on any atom is -0.484 e. The standard InChI is InChI=1S/C28H23ClN2O3S/c29-24-16-7-8-17-25(24)31-28(33)27(20-10-3-1-4-11-20)35-23-15-9-12-21(18-23)30-26(32)19-34-22-13-5-2-6-14-22/h1-18,27H,19H2,(H,30,32)(H,31,33). The molecule has 0 aromatic heterocycles. The van der Waals surface area contributed by atoms with Crippen LogP contribution in [0.15, 0.2) is 114 Å². The fraction of sp³-hybridized carbons (Fsp3) is 0.0714. The summed E-state index contributed by atoms with van der Waals surface area (Å²) in [6, 6.07) is 33.2. The topological polar surface area (TPSA) is 67.4 Å². The molecule has 4 aromatic carbocycles. The van der Waals surface area contributed by atoms with Crippen molar-refractivity contribution in [1.82, 2.24) is 0 Å². The Morgan fingerprint density at radius 1 is 0.800 bits per heavy atom. The molecule has 1 unspecified atom stereocenters. The maximum absolute atomic E-state index is 13.3. The van der Waals surface area contributed by atoms with Gasteiger partial charge in [0.2, 0.25) is 5.91 Å². The molecule has 7 heteroatoms. The quantitative estimate of drug-likeness (QED) is 0.246. The zero-order chi connectivity index (χ0) is 24.5. The van der Waals surface area contributed by atoms with Gasteiger partial charge >= 0.3 is 0 Å². The third-order valence-corrected chi connectivity index (χ3v) is 6.53. The van der Waals surface area contributed by atoms with Gasteiger partial charge in [-0.3, -0.25) is 9.59 Å². The Morgan fingerprint density at radius 2 is 1.49 bits per heavy atom. The molecule has 0 aliphatic carbocycles. The van der Waals surface area contributed by atoms with E-state index in [1.807, 2.05) is 78.9 Å². The Hall–Kier alpha value is -3.74. The SMILES string of the molecule is O=C(COc1ccccc1)Nc1cccc(SC(C(=O)Nc2ccccc2Cl)c2ccccc2)c1. The van der Waals surface area contributed by atoms with E-state index in [1.165, 1.54) is 11.8 Å². The van der Waals surface area contributed by atoms with Gasteiger partial charge in [0.25, 0.3) is 5.91 Å². The van der Waals surface area contributed by atoms with Crippen LogP contribution in [0.4, 0.5) is 11.4 Å². The summed E-state index contributed by atoms with van der Waals surface area (Å²) in [7, 11) is 0. The molecule has 35 heavy (non-hydrogen) atoms. The van der Waals surface area contributed by atoms with Crippen LogP contribution in [-0.4, -0.2) is 18.4 Å². The average Bonchev–Trinajstić information content (AvgIpc) is 2.89. The molecule has 0 radical (unpaired) electrons. The normalized spacial score (nSPS) is 11.3. The van der Waals surface area contributed by atoms with Gasteiger partial charge in [-0.1, -0.05) is 78.3 Å². The van der Waals surface area contributed by atoms with Crippen molar-refractivity contribution in [2.24, 2.45) is 0 Å². The lowest BCUT2D eigenvalue weighted by molar-refractivity contribution is -0.118. The Balaban J connectivity index is 1.46. The molecule has 0 spiro atoms. The highest BCUT2D eigenvalue weighted by Crippen LogP contribution is 2.37. The lowest BCUT2D eigenvalue weighted by atomic mass is 10.1. The number of ether oxygens (including phenoxy) is 1. The van der Waals surface area contributed by atoms with Gasteiger partial charge in [0, 0.05) is 10.6 Å². The van der Waals surface area contributed by atoms with E-state index in [9.17, 15) is 9.59 Å². The third kappa shape index (κ3) is 7.12. The van der Waals surface area contributed by atoms with Gasteiger partial charge in [0.1, 0.15) is 11.0 Å². The number of hydrogen-bond donors (Lipinski definition) is 2. The lowest BCUT2D eigenvalue weighted by Crippen LogP contribution is -2.20. The number of carbonyl (C=O) groups excluding carboxylic acids is 2. The number of anilines is 2. The molecule has 0 aliphatic heterocycles. The number of hydrogen-bond acceptors (Lipinski definition) is 4. The maximum atomic E-state index is 13.3. The average molecular weight is 503 g/mol. The Morgan fingerprint density at radius 3 is 2.23 bits per heavy atom. The van der Waals surface area contributed by atoms with Gasteiger partial charge in [-0.15, -0.1) is 11.8 Å². The van der Waals surface area contributed by atoms with E-state index in [-0.39, 0.29) is 18.4 Å². The number of para-hydroxylation sites is 2. The highest BCUT2D eigenvalue weighted by Gasteiger charge is 2.23. The molecule has 0 saturated heterocycles. The summed E-state index contributed by atoms with van der Waals surface area (Å²) in [5.41, 5.74) is 2.03. The van der Waals surface area contributed by atoms with Crippen LogP contribution in [0.5, 0.6) is 5.75 Å². The number of amides is 2. The summed E-state index contributed by atoms with van der Waals surface area (Å²) in [6.45, 7) is -0.103.